The smallest absolute Gasteiger partial charge is 0.373 e. The number of hydroxylamine groups is 1. The van der Waals surface area contributed by atoms with E-state index < -0.39 is 12.5 Å². The molecule has 0 spiro atoms. The summed E-state index contributed by atoms with van der Waals surface area (Å²) >= 11 is 0. The van der Waals surface area contributed by atoms with Crippen LogP contribution in [-0.2, 0) is 9.63 Å². The van der Waals surface area contributed by atoms with Crippen LogP contribution in [0.3, 0.4) is 0 Å². The molecule has 0 fully saturated rings. The molecule has 0 bridgehead atoms. The molecule has 0 saturated heterocycles. The van der Waals surface area contributed by atoms with Crippen LogP contribution in [0.4, 0.5) is 0 Å². The van der Waals surface area contributed by atoms with Gasteiger partial charge in [0.25, 0.3) is 6.54 Å². The van der Waals surface area contributed by atoms with Crippen molar-refractivity contribution in [3.8, 4) is 0 Å². The third kappa shape index (κ3) is 6.56. The average molecular weight is 162 g/mol. The number of carbonyl (C=O) groups is 1. The number of hydrogen-bond acceptors (Lipinski definition) is 4. The fourth-order valence-corrected chi connectivity index (χ4v) is 0.291. The molecule has 0 amide bonds. The average Bonchev–Trinajstić information content (AvgIpc) is 1.82. The van der Waals surface area contributed by atoms with Gasteiger partial charge in [-0.25, -0.2) is 4.79 Å². The van der Waals surface area contributed by atoms with E-state index in [2.05, 4.69) is 10.1 Å². The second-order valence-electron chi connectivity index (χ2n) is 2.14. The molecule has 11 heavy (non-hydrogen) atoms. The van der Waals surface area contributed by atoms with Crippen molar-refractivity contribution in [1.82, 2.24) is 0 Å². The molecule has 0 aromatic heterocycles. The van der Waals surface area contributed by atoms with E-state index in [9.17, 15) is 10.0 Å². The van der Waals surface area contributed by atoms with E-state index in [-0.39, 0.29) is 11.0 Å². The van der Waals surface area contributed by atoms with Crippen LogP contribution < -0.4 is 0 Å². The van der Waals surface area contributed by atoms with E-state index in [1.165, 1.54) is 0 Å². The summed E-state index contributed by atoms with van der Waals surface area (Å²) in [6, 6.07) is 0. The van der Waals surface area contributed by atoms with E-state index in [0.29, 0.717) is 0 Å². The zero-order valence-corrected chi connectivity index (χ0v) is 6.35. The van der Waals surface area contributed by atoms with Crippen LogP contribution in [0.2, 0.25) is 0 Å². The van der Waals surface area contributed by atoms with Crippen molar-refractivity contribution in [2.75, 3.05) is 6.54 Å². The molecule has 0 rings (SSSR count). The van der Waals surface area contributed by atoms with Crippen LogP contribution in [0, 0.1) is 5.21 Å². The van der Waals surface area contributed by atoms with Crippen molar-refractivity contribution in [3.63, 3.8) is 0 Å². The van der Waals surface area contributed by atoms with Gasteiger partial charge in [-0.2, -0.15) is 0 Å². The zero-order chi connectivity index (χ0) is 8.85. The minimum absolute atomic E-state index is 0.0255. The molecule has 64 valence electrons. The Morgan fingerprint density at radius 3 is 2.73 bits per heavy atom. The molecule has 0 aliphatic carbocycles. The van der Waals surface area contributed by atoms with Gasteiger partial charge >= 0.3 is 5.97 Å². The molecule has 0 aromatic rings. The van der Waals surface area contributed by atoms with Crippen LogP contribution in [0.15, 0.2) is 5.28 Å². The Bertz CT molecular complexity index is 166. The van der Waals surface area contributed by atoms with Crippen LogP contribution in [0.1, 0.15) is 13.8 Å². The predicted octanol–water partition coefficient (Wildman–Crippen LogP) is 0.374. The highest BCUT2D eigenvalue weighted by atomic mass is 16.7. The molecular formula is C5H10N2O4. The molecule has 0 radical (unpaired) electrons. The lowest BCUT2D eigenvalue weighted by Crippen LogP contribution is -2.14. The van der Waals surface area contributed by atoms with Gasteiger partial charge in [0.1, 0.15) is 6.10 Å². The van der Waals surface area contributed by atoms with Crippen LogP contribution in [0.25, 0.3) is 0 Å². The molecule has 0 aromatic carbocycles. The second kappa shape index (κ2) is 4.48. The normalized spacial score (nSPS) is 11.7. The largest absolute Gasteiger partial charge is 0.597 e. The number of aliphatic carboxylic acids is 1. The van der Waals surface area contributed by atoms with E-state index in [1.54, 1.807) is 13.8 Å². The Labute approximate surface area is 63.6 Å². The number of carboxylic acids is 1. The Hall–Kier alpha value is -1.33. The molecule has 0 aliphatic rings. The SMILES string of the molecule is CC(C)O/N=[N+](/[O-])CC(=O)O. The molecule has 6 heteroatoms. The van der Waals surface area contributed by atoms with E-state index in [4.69, 9.17) is 5.11 Å². The summed E-state index contributed by atoms with van der Waals surface area (Å²) in [4.78, 5) is 14.4. The van der Waals surface area contributed by atoms with Crippen molar-refractivity contribution in [2.45, 2.75) is 20.0 Å². The van der Waals surface area contributed by atoms with E-state index in [1.807, 2.05) is 0 Å². The van der Waals surface area contributed by atoms with Crippen LogP contribution in [-0.4, -0.2) is 28.6 Å². The van der Waals surface area contributed by atoms with Crippen LogP contribution >= 0.6 is 0 Å². The second-order valence-corrected chi connectivity index (χ2v) is 2.14. The van der Waals surface area contributed by atoms with Gasteiger partial charge in [-0.1, -0.05) is 0 Å². The van der Waals surface area contributed by atoms with Crippen LogP contribution in [0.5, 0.6) is 0 Å². The predicted molar refractivity (Wildman–Crippen MR) is 34.8 cm³/mol. The van der Waals surface area contributed by atoms with Crippen molar-refractivity contribution in [1.29, 1.82) is 0 Å². The molecule has 0 atom stereocenters. The highest BCUT2D eigenvalue weighted by molar-refractivity contribution is 5.67. The van der Waals surface area contributed by atoms with Gasteiger partial charge in [0, 0.05) is 0 Å². The fraction of sp³-hybridized carbons (Fsp3) is 0.800. The van der Waals surface area contributed by atoms with E-state index >= 15 is 0 Å². The summed E-state index contributed by atoms with van der Waals surface area (Å²) in [5.74, 6) is -1.24. The summed E-state index contributed by atoms with van der Waals surface area (Å²) in [6.45, 7) is 2.66. The monoisotopic (exact) mass is 162 g/mol. The standard InChI is InChI=1S/C5H10N2O4/c1-4(2)11-6-7(10)3-5(8)9/h4H,3H2,1-2H3,(H,8,9)/b7-6+. The lowest BCUT2D eigenvalue weighted by atomic mass is 10.5. The first-order valence-electron chi connectivity index (χ1n) is 3.05. The first-order chi connectivity index (χ1) is 5.02. The molecule has 0 heterocycles. The molecule has 0 unspecified atom stereocenters. The first kappa shape index (κ1) is 9.67. The summed E-state index contributed by atoms with van der Waals surface area (Å²) in [5.41, 5.74) is 0. The van der Waals surface area contributed by atoms with Gasteiger partial charge < -0.3 is 15.2 Å². The number of nitrogens with zero attached hydrogens (tertiary/aromatic N) is 2. The van der Waals surface area contributed by atoms with Gasteiger partial charge in [-0.3, -0.25) is 0 Å². The minimum Gasteiger partial charge on any atom is -0.597 e. The van der Waals surface area contributed by atoms with Gasteiger partial charge in [-0.15, -0.1) is 0 Å². The van der Waals surface area contributed by atoms with E-state index in [0.717, 1.165) is 0 Å². The summed E-state index contributed by atoms with van der Waals surface area (Å²) in [5, 5.41) is 21.5. The summed E-state index contributed by atoms with van der Waals surface area (Å²) in [7, 11) is 0. The maximum atomic E-state index is 10.4. The minimum atomic E-state index is -1.24. The third-order valence-electron chi connectivity index (χ3n) is 0.620. The van der Waals surface area contributed by atoms with Gasteiger partial charge in [0.2, 0.25) is 5.28 Å². The van der Waals surface area contributed by atoms with Crippen molar-refractivity contribution in [3.05, 3.63) is 5.21 Å². The van der Waals surface area contributed by atoms with Crippen molar-refractivity contribution < 1.29 is 19.6 Å². The molecule has 1 N–H and O–H groups in total. The number of rotatable bonds is 4. The lowest BCUT2D eigenvalue weighted by molar-refractivity contribution is -0.551. The lowest BCUT2D eigenvalue weighted by Gasteiger charge is -1.99. The molecule has 0 saturated carbocycles. The fourth-order valence-electron chi connectivity index (χ4n) is 0.291. The highest BCUT2D eigenvalue weighted by Crippen LogP contribution is 1.88. The van der Waals surface area contributed by atoms with Gasteiger partial charge in [0.05, 0.1) is 0 Å². The first-order valence-corrected chi connectivity index (χ1v) is 3.05. The maximum absolute atomic E-state index is 10.4. The molecular weight excluding hydrogens is 152 g/mol. The Morgan fingerprint density at radius 2 is 2.36 bits per heavy atom. The number of carboxylic acid groups (broad SMARTS) is 1. The Balaban J connectivity index is 3.72. The number of hydrogen-bond donors (Lipinski definition) is 1. The Morgan fingerprint density at radius 1 is 1.82 bits per heavy atom. The topological polar surface area (TPSA) is 85.0 Å². The zero-order valence-electron chi connectivity index (χ0n) is 6.35. The molecule has 0 aliphatic heterocycles. The van der Waals surface area contributed by atoms with Gasteiger partial charge in [-0.05, 0) is 18.7 Å². The highest BCUT2D eigenvalue weighted by Gasteiger charge is 2.04. The van der Waals surface area contributed by atoms with Crippen molar-refractivity contribution >= 4 is 5.97 Å². The van der Waals surface area contributed by atoms with Gasteiger partial charge in [0.15, 0.2) is 0 Å². The van der Waals surface area contributed by atoms with Crippen molar-refractivity contribution in [2.24, 2.45) is 5.28 Å². The quantitative estimate of drug-likeness (QED) is 0.367. The summed E-state index contributed by atoms with van der Waals surface area (Å²) in [6.07, 6.45) is -0.222. The maximum Gasteiger partial charge on any atom is 0.373 e. The third-order valence-corrected chi connectivity index (χ3v) is 0.620. The molecule has 6 nitrogen and oxygen atoms in total. The Kier molecular flexibility index (Phi) is 3.94. The summed E-state index contributed by atoms with van der Waals surface area (Å²) < 4.78 is 0.